The number of carbonyl (C=O) groups excluding carboxylic acids is 1. The molecule has 1 heterocycles. The van der Waals surface area contributed by atoms with Crippen LogP contribution in [-0.4, -0.2) is 36.8 Å². The van der Waals surface area contributed by atoms with Crippen molar-refractivity contribution in [2.75, 3.05) is 12.3 Å². The van der Waals surface area contributed by atoms with E-state index in [9.17, 15) is 13.2 Å². The molecule has 0 N–H and O–H groups in total. The number of piperidine rings is 1. The summed E-state index contributed by atoms with van der Waals surface area (Å²) in [6.07, 6.45) is 8.84. The van der Waals surface area contributed by atoms with Crippen molar-refractivity contribution in [2.45, 2.75) is 70.8 Å². The molecule has 1 atom stereocenters. The van der Waals surface area contributed by atoms with E-state index in [0.29, 0.717) is 24.6 Å². The van der Waals surface area contributed by atoms with Crippen molar-refractivity contribution < 1.29 is 13.2 Å². The van der Waals surface area contributed by atoms with E-state index < -0.39 is 10.0 Å². The Kier molecular flexibility index (Phi) is 5.61. The van der Waals surface area contributed by atoms with Crippen LogP contribution in [0.1, 0.15) is 64.7 Å². The summed E-state index contributed by atoms with van der Waals surface area (Å²) >= 11 is 0. The van der Waals surface area contributed by atoms with Gasteiger partial charge in [0.05, 0.1) is 5.75 Å². The standard InChI is InChI=1S/C15H27NO3S/c1-13(17)11-15-9-5-6-10-16(15)20(18,19)12-14-7-3-2-4-8-14/h14-15H,2-12H2,1H3. The summed E-state index contributed by atoms with van der Waals surface area (Å²) in [7, 11) is -3.20. The maximum absolute atomic E-state index is 12.7. The molecule has 1 saturated heterocycles. The fourth-order valence-corrected chi connectivity index (χ4v) is 5.79. The molecule has 0 spiro atoms. The van der Waals surface area contributed by atoms with Gasteiger partial charge in [-0.15, -0.1) is 0 Å². The van der Waals surface area contributed by atoms with E-state index in [4.69, 9.17) is 0 Å². The van der Waals surface area contributed by atoms with Crippen molar-refractivity contribution in [3.8, 4) is 0 Å². The first-order chi connectivity index (χ1) is 9.49. The van der Waals surface area contributed by atoms with Crippen LogP contribution in [-0.2, 0) is 14.8 Å². The Labute approximate surface area is 123 Å². The highest BCUT2D eigenvalue weighted by Gasteiger charge is 2.34. The molecule has 0 aromatic heterocycles. The summed E-state index contributed by atoms with van der Waals surface area (Å²) in [5.41, 5.74) is 0. The van der Waals surface area contributed by atoms with Crippen LogP contribution >= 0.6 is 0 Å². The summed E-state index contributed by atoms with van der Waals surface area (Å²) in [5, 5.41) is 0. The minimum absolute atomic E-state index is 0.0881. The molecular formula is C15H27NO3S. The van der Waals surface area contributed by atoms with Gasteiger partial charge in [-0.05, 0) is 38.5 Å². The maximum atomic E-state index is 12.7. The van der Waals surface area contributed by atoms with E-state index in [0.717, 1.165) is 44.9 Å². The molecule has 116 valence electrons. The molecule has 1 aliphatic carbocycles. The molecule has 1 aliphatic heterocycles. The number of ketones is 1. The first kappa shape index (κ1) is 16.0. The molecule has 2 rings (SSSR count). The first-order valence-corrected chi connectivity index (χ1v) is 9.59. The van der Waals surface area contributed by atoms with Gasteiger partial charge in [0.2, 0.25) is 10.0 Å². The van der Waals surface area contributed by atoms with Gasteiger partial charge in [-0.25, -0.2) is 8.42 Å². The molecule has 0 aromatic carbocycles. The Balaban J connectivity index is 2.02. The minimum atomic E-state index is -3.20. The number of rotatable bonds is 5. The average Bonchev–Trinajstić information content (AvgIpc) is 2.39. The number of hydrogen-bond donors (Lipinski definition) is 0. The van der Waals surface area contributed by atoms with Gasteiger partial charge in [-0.1, -0.05) is 25.7 Å². The van der Waals surface area contributed by atoms with Gasteiger partial charge in [-0.3, -0.25) is 4.79 Å². The smallest absolute Gasteiger partial charge is 0.214 e. The fourth-order valence-electron chi connectivity index (χ4n) is 3.62. The lowest BCUT2D eigenvalue weighted by atomic mass is 9.91. The predicted octanol–water partition coefficient (Wildman–Crippen LogP) is 2.73. The van der Waals surface area contributed by atoms with Crippen LogP contribution in [0.15, 0.2) is 0 Å². The first-order valence-electron chi connectivity index (χ1n) is 7.98. The Morgan fingerprint density at radius 2 is 1.70 bits per heavy atom. The highest BCUT2D eigenvalue weighted by Crippen LogP contribution is 2.29. The monoisotopic (exact) mass is 301 g/mol. The fraction of sp³-hybridized carbons (Fsp3) is 0.933. The maximum Gasteiger partial charge on any atom is 0.214 e. The molecule has 4 nitrogen and oxygen atoms in total. The van der Waals surface area contributed by atoms with Gasteiger partial charge in [0, 0.05) is 19.0 Å². The van der Waals surface area contributed by atoms with Crippen LogP contribution < -0.4 is 0 Å². The molecule has 5 heteroatoms. The van der Waals surface area contributed by atoms with E-state index in [-0.39, 0.29) is 11.8 Å². The van der Waals surface area contributed by atoms with Gasteiger partial charge in [0.15, 0.2) is 0 Å². The Hall–Kier alpha value is -0.420. The molecule has 1 unspecified atom stereocenters. The molecular weight excluding hydrogens is 274 g/mol. The van der Waals surface area contributed by atoms with E-state index in [1.807, 2.05) is 0 Å². The molecule has 2 aliphatic rings. The van der Waals surface area contributed by atoms with Crippen molar-refractivity contribution in [1.82, 2.24) is 4.31 Å². The number of Topliss-reactive ketones (excluding diaryl/α,β-unsaturated/α-hetero) is 1. The zero-order valence-electron chi connectivity index (χ0n) is 12.5. The lowest BCUT2D eigenvalue weighted by molar-refractivity contribution is -0.118. The second-order valence-corrected chi connectivity index (χ2v) is 8.42. The summed E-state index contributed by atoms with van der Waals surface area (Å²) < 4.78 is 27.0. The third-order valence-corrected chi connectivity index (χ3v) is 6.71. The molecule has 20 heavy (non-hydrogen) atoms. The number of sulfonamides is 1. The van der Waals surface area contributed by atoms with Gasteiger partial charge >= 0.3 is 0 Å². The van der Waals surface area contributed by atoms with Gasteiger partial charge < -0.3 is 0 Å². The van der Waals surface area contributed by atoms with Crippen LogP contribution in [0.5, 0.6) is 0 Å². The lowest BCUT2D eigenvalue weighted by Crippen LogP contribution is -2.46. The number of hydrogen-bond acceptors (Lipinski definition) is 3. The molecule has 2 fully saturated rings. The minimum Gasteiger partial charge on any atom is -0.300 e. The van der Waals surface area contributed by atoms with Crippen LogP contribution in [0.3, 0.4) is 0 Å². The second kappa shape index (κ2) is 7.03. The SMILES string of the molecule is CC(=O)CC1CCCCN1S(=O)(=O)CC1CCCCC1. The van der Waals surface area contributed by atoms with Crippen molar-refractivity contribution in [3.05, 3.63) is 0 Å². The van der Waals surface area contributed by atoms with Crippen molar-refractivity contribution in [2.24, 2.45) is 5.92 Å². The molecule has 0 aromatic rings. The average molecular weight is 301 g/mol. The third kappa shape index (κ3) is 4.29. The van der Waals surface area contributed by atoms with Crippen LogP contribution in [0.25, 0.3) is 0 Å². The summed E-state index contributed by atoms with van der Waals surface area (Å²) in [4.78, 5) is 11.4. The zero-order chi connectivity index (χ0) is 14.6. The Morgan fingerprint density at radius 3 is 2.35 bits per heavy atom. The highest BCUT2D eigenvalue weighted by atomic mass is 32.2. The predicted molar refractivity (Wildman–Crippen MR) is 80.0 cm³/mol. The molecule has 0 bridgehead atoms. The summed E-state index contributed by atoms with van der Waals surface area (Å²) in [5.74, 6) is 0.713. The van der Waals surface area contributed by atoms with Crippen molar-refractivity contribution in [1.29, 1.82) is 0 Å². The Morgan fingerprint density at radius 1 is 1.05 bits per heavy atom. The summed E-state index contributed by atoms with van der Waals surface area (Å²) in [6, 6.07) is -0.0881. The van der Waals surface area contributed by atoms with E-state index in [1.165, 1.54) is 6.42 Å². The van der Waals surface area contributed by atoms with Gasteiger partial charge in [-0.2, -0.15) is 4.31 Å². The quantitative estimate of drug-likeness (QED) is 0.784. The second-order valence-electron chi connectivity index (χ2n) is 6.45. The summed E-state index contributed by atoms with van der Waals surface area (Å²) in [6.45, 7) is 2.16. The zero-order valence-corrected chi connectivity index (χ0v) is 13.3. The van der Waals surface area contributed by atoms with Gasteiger partial charge in [0.1, 0.15) is 5.78 Å². The third-order valence-electron chi connectivity index (χ3n) is 4.62. The Bertz CT molecular complexity index is 426. The largest absolute Gasteiger partial charge is 0.300 e. The lowest BCUT2D eigenvalue weighted by Gasteiger charge is -2.35. The van der Waals surface area contributed by atoms with Crippen LogP contribution in [0.2, 0.25) is 0 Å². The molecule has 1 saturated carbocycles. The van der Waals surface area contributed by atoms with Gasteiger partial charge in [0.25, 0.3) is 0 Å². The topological polar surface area (TPSA) is 54.5 Å². The van der Waals surface area contributed by atoms with Crippen molar-refractivity contribution in [3.63, 3.8) is 0 Å². The van der Waals surface area contributed by atoms with E-state index in [2.05, 4.69) is 0 Å². The van der Waals surface area contributed by atoms with Crippen molar-refractivity contribution >= 4 is 15.8 Å². The molecule has 0 amide bonds. The highest BCUT2D eigenvalue weighted by molar-refractivity contribution is 7.89. The normalized spacial score (nSPS) is 26.6. The van der Waals surface area contributed by atoms with E-state index in [1.54, 1.807) is 11.2 Å². The van der Waals surface area contributed by atoms with Crippen LogP contribution in [0.4, 0.5) is 0 Å². The van der Waals surface area contributed by atoms with Crippen LogP contribution in [0, 0.1) is 5.92 Å². The number of carbonyl (C=O) groups is 1. The van der Waals surface area contributed by atoms with E-state index >= 15 is 0 Å². The number of nitrogens with zero attached hydrogens (tertiary/aromatic N) is 1. The molecule has 0 radical (unpaired) electrons.